The van der Waals surface area contributed by atoms with E-state index >= 15 is 0 Å². The van der Waals surface area contributed by atoms with Crippen LogP contribution in [0.25, 0.3) is 0 Å². The Morgan fingerprint density at radius 1 is 0.925 bits per heavy atom. The van der Waals surface area contributed by atoms with Crippen molar-refractivity contribution in [2.45, 2.75) is 64.1 Å². The number of ether oxygens (including phenoxy) is 2. The summed E-state index contributed by atoms with van der Waals surface area (Å²) < 4.78 is 43.4. The molecule has 1 saturated carbocycles. The average Bonchev–Trinajstić information content (AvgIpc) is 3.09. The van der Waals surface area contributed by atoms with Crippen molar-refractivity contribution < 1.29 is 42.1 Å². The van der Waals surface area contributed by atoms with Gasteiger partial charge in [-0.2, -0.15) is 8.42 Å². The Hall–Kier alpha value is -3.92. The van der Waals surface area contributed by atoms with E-state index in [0.717, 1.165) is 60.5 Å². The molecule has 2 heterocycles. The molecule has 15 heteroatoms. The monoisotopic (exact) mass is 774 g/mol. The number of anilines is 2. The molecule has 290 valence electrons. The molecule has 3 aromatic carbocycles. The molecule has 2 amide bonds. The second kappa shape index (κ2) is 17.9. The van der Waals surface area contributed by atoms with Gasteiger partial charge in [0, 0.05) is 56.2 Å². The SMILES string of the molecule is COc1cc2c(cc1OC(C)C)[C@H](c1ccc(Cl)cc1)N(c1ccc(N(C)C[C@H]3CC[C@H](N4CCN(C)C(=O)C4)CC3)cc1)C(=O)C2.O.O=S(=O)(O)O. The summed E-state index contributed by atoms with van der Waals surface area (Å²) in [6, 6.07) is 20.3. The van der Waals surface area contributed by atoms with Crippen LogP contribution in [0.1, 0.15) is 62.3 Å². The van der Waals surface area contributed by atoms with E-state index in [1.807, 2.05) is 67.1 Å². The summed E-state index contributed by atoms with van der Waals surface area (Å²) in [7, 11) is 1.02. The van der Waals surface area contributed by atoms with Gasteiger partial charge in [-0.1, -0.05) is 23.7 Å². The number of methoxy groups -OCH3 is 1. The number of benzene rings is 3. The smallest absolute Gasteiger partial charge is 0.394 e. The van der Waals surface area contributed by atoms with Gasteiger partial charge in [0.25, 0.3) is 0 Å². The molecule has 0 aromatic heterocycles. The van der Waals surface area contributed by atoms with E-state index in [4.69, 9.17) is 38.6 Å². The minimum Gasteiger partial charge on any atom is -0.493 e. The van der Waals surface area contributed by atoms with E-state index in [-0.39, 0.29) is 35.9 Å². The Balaban J connectivity index is 0.000000980. The van der Waals surface area contributed by atoms with Crippen molar-refractivity contribution in [2.75, 3.05) is 57.2 Å². The summed E-state index contributed by atoms with van der Waals surface area (Å²) in [6.45, 7) is 7.34. The van der Waals surface area contributed by atoms with Crippen LogP contribution >= 0.6 is 11.6 Å². The number of carbonyl (C=O) groups is 2. The molecule has 3 aliphatic rings. The third-order valence-corrected chi connectivity index (χ3v) is 10.3. The van der Waals surface area contributed by atoms with Crippen LogP contribution in [-0.4, -0.2) is 104 Å². The van der Waals surface area contributed by atoms with E-state index < -0.39 is 10.4 Å². The van der Waals surface area contributed by atoms with E-state index in [0.29, 0.717) is 35.0 Å². The topological polar surface area (TPSA) is 172 Å². The van der Waals surface area contributed by atoms with Crippen LogP contribution in [-0.2, 0) is 26.4 Å². The lowest BCUT2D eigenvalue weighted by Gasteiger charge is -2.41. The minimum absolute atomic E-state index is 0. The van der Waals surface area contributed by atoms with Crippen molar-refractivity contribution in [3.05, 3.63) is 82.4 Å². The first-order valence-electron chi connectivity index (χ1n) is 17.5. The summed E-state index contributed by atoms with van der Waals surface area (Å²) in [4.78, 5) is 34.6. The molecule has 2 fully saturated rings. The predicted molar refractivity (Wildman–Crippen MR) is 206 cm³/mol. The molecule has 13 nitrogen and oxygen atoms in total. The molecule has 0 radical (unpaired) electrons. The number of rotatable bonds is 9. The molecular formula is C38H51ClN4O9S. The Morgan fingerprint density at radius 3 is 2.11 bits per heavy atom. The van der Waals surface area contributed by atoms with Crippen molar-refractivity contribution in [1.82, 2.24) is 9.80 Å². The van der Waals surface area contributed by atoms with Gasteiger partial charge in [0.05, 0.1) is 32.2 Å². The fraction of sp³-hybridized carbons (Fsp3) is 0.474. The van der Waals surface area contributed by atoms with Crippen LogP contribution in [0.15, 0.2) is 60.7 Å². The zero-order valence-electron chi connectivity index (χ0n) is 30.9. The van der Waals surface area contributed by atoms with Crippen molar-refractivity contribution >= 4 is 45.2 Å². The molecule has 1 atom stereocenters. The number of hydrogen-bond donors (Lipinski definition) is 2. The van der Waals surface area contributed by atoms with Crippen LogP contribution in [0.4, 0.5) is 11.4 Å². The Labute approximate surface area is 317 Å². The molecule has 1 saturated heterocycles. The number of hydrogen-bond acceptors (Lipinski definition) is 8. The Morgan fingerprint density at radius 2 is 1.55 bits per heavy atom. The highest BCUT2D eigenvalue weighted by atomic mass is 35.5. The first-order chi connectivity index (χ1) is 24.6. The molecule has 53 heavy (non-hydrogen) atoms. The van der Waals surface area contributed by atoms with E-state index in [1.165, 1.54) is 12.8 Å². The van der Waals surface area contributed by atoms with Crippen LogP contribution in [0.2, 0.25) is 5.02 Å². The predicted octanol–water partition coefficient (Wildman–Crippen LogP) is 5.11. The normalized spacial score (nSPS) is 20.6. The third-order valence-electron chi connectivity index (χ3n) is 10.1. The quantitative estimate of drug-likeness (QED) is 0.279. The second-order valence-corrected chi connectivity index (χ2v) is 15.4. The molecule has 4 N–H and O–H groups in total. The van der Waals surface area contributed by atoms with Crippen molar-refractivity contribution in [3.63, 3.8) is 0 Å². The number of likely N-dealkylation sites (N-methyl/N-ethyl adjacent to an activating group) is 1. The summed E-state index contributed by atoms with van der Waals surface area (Å²) in [6.07, 6.45) is 4.88. The lowest BCUT2D eigenvalue weighted by molar-refractivity contribution is -0.135. The van der Waals surface area contributed by atoms with Crippen LogP contribution < -0.4 is 19.3 Å². The van der Waals surface area contributed by atoms with E-state index in [9.17, 15) is 9.59 Å². The number of amides is 2. The molecule has 6 rings (SSSR count). The highest BCUT2D eigenvalue weighted by molar-refractivity contribution is 7.79. The van der Waals surface area contributed by atoms with Gasteiger partial charge < -0.3 is 29.6 Å². The summed E-state index contributed by atoms with van der Waals surface area (Å²) in [5, 5.41) is 0.650. The molecular weight excluding hydrogens is 724 g/mol. The van der Waals surface area contributed by atoms with Gasteiger partial charge in [-0.3, -0.25) is 23.6 Å². The van der Waals surface area contributed by atoms with Crippen molar-refractivity contribution in [2.24, 2.45) is 5.92 Å². The fourth-order valence-electron chi connectivity index (χ4n) is 7.47. The second-order valence-electron chi connectivity index (χ2n) is 14.1. The maximum absolute atomic E-state index is 13.9. The summed E-state index contributed by atoms with van der Waals surface area (Å²) >= 11 is 6.29. The number of carbonyl (C=O) groups excluding carboxylic acids is 2. The van der Waals surface area contributed by atoms with Crippen LogP contribution in [0.3, 0.4) is 0 Å². The van der Waals surface area contributed by atoms with Crippen LogP contribution in [0.5, 0.6) is 11.5 Å². The number of nitrogens with zero attached hydrogens (tertiary/aromatic N) is 4. The molecule has 2 aliphatic heterocycles. The first-order valence-corrected chi connectivity index (χ1v) is 19.3. The van der Waals surface area contributed by atoms with Crippen molar-refractivity contribution in [1.29, 1.82) is 0 Å². The maximum atomic E-state index is 13.9. The van der Waals surface area contributed by atoms with Gasteiger partial charge in [0.15, 0.2) is 11.5 Å². The zero-order chi connectivity index (χ0) is 37.7. The van der Waals surface area contributed by atoms with Gasteiger partial charge in [-0.25, -0.2) is 0 Å². The Kier molecular flexibility index (Phi) is 14.2. The van der Waals surface area contributed by atoms with Gasteiger partial charge in [-0.05, 0) is 111 Å². The third kappa shape index (κ3) is 10.8. The lowest BCUT2D eigenvalue weighted by Crippen LogP contribution is -2.53. The lowest BCUT2D eigenvalue weighted by atomic mass is 9.84. The Bertz CT molecular complexity index is 1810. The van der Waals surface area contributed by atoms with Gasteiger partial charge in [0.2, 0.25) is 11.8 Å². The fourth-order valence-corrected chi connectivity index (χ4v) is 7.60. The maximum Gasteiger partial charge on any atom is 0.394 e. The van der Waals surface area contributed by atoms with Crippen LogP contribution in [0, 0.1) is 5.92 Å². The summed E-state index contributed by atoms with van der Waals surface area (Å²) in [5.41, 5.74) is 4.90. The number of halogens is 1. The van der Waals surface area contributed by atoms with E-state index in [2.05, 4.69) is 41.1 Å². The highest BCUT2D eigenvalue weighted by Gasteiger charge is 2.36. The largest absolute Gasteiger partial charge is 0.493 e. The number of piperazine rings is 1. The van der Waals surface area contributed by atoms with Gasteiger partial charge >= 0.3 is 10.4 Å². The highest BCUT2D eigenvalue weighted by Crippen LogP contribution is 2.44. The minimum atomic E-state index is -4.67. The first kappa shape index (κ1) is 41.8. The van der Waals surface area contributed by atoms with Crippen molar-refractivity contribution in [3.8, 4) is 11.5 Å². The standard InChI is InChI=1S/C38H47ClN4O4.H2O4S.H2O/c1-25(2)47-35-22-33-28(20-34(35)46-5)21-36(44)43(38(33)27-8-10-29(39)11-9-27)32-16-14-30(15-17-32)41(4)23-26-6-12-31(13-7-26)42-19-18-40(3)37(45)24-42;1-5(2,3)4;/h8-11,14-17,20,22,25-26,31,38H,6-7,12-13,18-19,21,23-24H2,1-5H3;(H2,1,2,3,4);1H2/t26-,31-,38-;;/m0../s1. The summed E-state index contributed by atoms with van der Waals surface area (Å²) in [5.74, 6) is 2.17. The number of fused-ring (bicyclic) bond motifs is 1. The van der Waals surface area contributed by atoms with Gasteiger partial charge in [-0.15, -0.1) is 0 Å². The molecule has 0 unspecified atom stereocenters. The zero-order valence-corrected chi connectivity index (χ0v) is 32.4. The average molecular weight is 775 g/mol. The van der Waals surface area contributed by atoms with E-state index in [1.54, 1.807) is 7.11 Å². The molecule has 3 aromatic rings. The molecule has 0 spiro atoms. The molecule has 1 aliphatic carbocycles. The van der Waals surface area contributed by atoms with Gasteiger partial charge in [0.1, 0.15) is 0 Å². The molecule has 0 bridgehead atoms.